The van der Waals surface area contributed by atoms with Crippen molar-refractivity contribution in [3.8, 4) is 11.5 Å². The highest BCUT2D eigenvalue weighted by molar-refractivity contribution is 8.06. The fourth-order valence-corrected chi connectivity index (χ4v) is 4.44. The normalized spacial score (nSPS) is 16.6. The van der Waals surface area contributed by atoms with Crippen molar-refractivity contribution < 1.29 is 9.47 Å². The number of nitrogens with zero attached hydrogens (tertiary/aromatic N) is 5. The summed E-state index contributed by atoms with van der Waals surface area (Å²) in [7, 11) is 1.64. The van der Waals surface area contributed by atoms with Crippen LogP contribution >= 0.6 is 11.8 Å². The van der Waals surface area contributed by atoms with Crippen molar-refractivity contribution in [2.45, 2.75) is 19.1 Å². The number of benzene rings is 1. The third-order valence-electron chi connectivity index (χ3n) is 5.98. The number of hydrogen-bond acceptors (Lipinski definition) is 11. The van der Waals surface area contributed by atoms with Crippen LogP contribution in [0.15, 0.2) is 59.8 Å². The summed E-state index contributed by atoms with van der Waals surface area (Å²) >= 11 is 1.99. The first-order valence-electron chi connectivity index (χ1n) is 12.6. The van der Waals surface area contributed by atoms with E-state index in [0.29, 0.717) is 35.0 Å². The molecular formula is C27H32N8O2S. The molecule has 1 atom stereocenters. The topological polar surface area (TPSA) is 109 Å². The largest absolute Gasteiger partial charge is 0.493 e. The van der Waals surface area contributed by atoms with Crippen molar-refractivity contribution in [2.75, 3.05) is 49.7 Å². The first-order chi connectivity index (χ1) is 18.6. The van der Waals surface area contributed by atoms with Gasteiger partial charge in [0.1, 0.15) is 23.4 Å². The molecule has 0 amide bonds. The van der Waals surface area contributed by atoms with E-state index in [1.807, 2.05) is 73.2 Å². The second-order valence-electron chi connectivity index (χ2n) is 8.84. The molecule has 0 saturated carbocycles. The number of anilines is 3. The fraction of sp³-hybridized carbons (Fsp3) is 0.333. The molecule has 3 N–H and O–H groups in total. The molecule has 0 aliphatic carbocycles. The van der Waals surface area contributed by atoms with Gasteiger partial charge in [0.15, 0.2) is 17.4 Å². The Morgan fingerprint density at radius 1 is 1.18 bits per heavy atom. The minimum atomic E-state index is 0.618. The van der Waals surface area contributed by atoms with E-state index < -0.39 is 0 Å². The molecule has 2 aliphatic rings. The predicted molar refractivity (Wildman–Crippen MR) is 155 cm³/mol. The van der Waals surface area contributed by atoms with Gasteiger partial charge < -0.3 is 25.4 Å². The molecule has 0 radical (unpaired) electrons. The zero-order valence-electron chi connectivity index (χ0n) is 21.8. The molecule has 2 aromatic heterocycles. The Morgan fingerprint density at radius 2 is 2.08 bits per heavy atom. The maximum atomic E-state index is 6.10. The lowest BCUT2D eigenvalue weighted by Crippen LogP contribution is -2.25. The van der Waals surface area contributed by atoms with Crippen molar-refractivity contribution in [1.82, 2.24) is 25.3 Å². The Morgan fingerprint density at radius 3 is 2.82 bits per heavy atom. The number of hydrazone groups is 1. The van der Waals surface area contributed by atoms with Crippen LogP contribution in [0.4, 0.5) is 17.3 Å². The molecule has 3 aromatic rings. The Labute approximate surface area is 226 Å². The van der Waals surface area contributed by atoms with Gasteiger partial charge in [-0.15, -0.1) is 0 Å². The van der Waals surface area contributed by atoms with Crippen LogP contribution in [0.5, 0.6) is 11.5 Å². The summed E-state index contributed by atoms with van der Waals surface area (Å²) in [5.74, 6) is 4.76. The van der Waals surface area contributed by atoms with Gasteiger partial charge in [-0.3, -0.25) is 5.01 Å². The summed E-state index contributed by atoms with van der Waals surface area (Å²) in [4.78, 5) is 13.7. The number of rotatable bonds is 12. The van der Waals surface area contributed by atoms with E-state index in [9.17, 15) is 0 Å². The summed E-state index contributed by atoms with van der Waals surface area (Å²) in [6.07, 6.45) is 9.09. The smallest absolute Gasteiger partial charge is 0.169 e. The van der Waals surface area contributed by atoms with Crippen molar-refractivity contribution in [3.63, 3.8) is 0 Å². The molecule has 10 nitrogen and oxygen atoms in total. The highest BCUT2D eigenvalue weighted by Gasteiger charge is 2.21. The lowest BCUT2D eigenvalue weighted by atomic mass is 10.2. The molecular weight excluding hydrogens is 500 g/mol. The quantitative estimate of drug-likeness (QED) is 0.177. The van der Waals surface area contributed by atoms with Crippen LogP contribution in [0, 0.1) is 6.92 Å². The van der Waals surface area contributed by atoms with Crippen LogP contribution in [-0.2, 0) is 0 Å². The predicted octanol–water partition coefficient (Wildman–Crippen LogP) is 4.30. The van der Waals surface area contributed by atoms with E-state index >= 15 is 0 Å². The molecule has 1 saturated heterocycles. The van der Waals surface area contributed by atoms with Gasteiger partial charge in [-0.25, -0.2) is 15.0 Å². The molecule has 198 valence electrons. The Bertz CT molecular complexity index is 1370. The number of hydrogen-bond donors (Lipinski definition) is 3. The summed E-state index contributed by atoms with van der Waals surface area (Å²) in [5.41, 5.74) is 3.22. The number of allylic oxidation sites excluding steroid dienone is 1. The highest BCUT2D eigenvalue weighted by atomic mass is 32.2. The average Bonchev–Trinajstić information content (AvgIpc) is 3.76. The molecule has 0 spiro atoms. The number of ether oxygens (including phenoxy) is 2. The highest BCUT2D eigenvalue weighted by Crippen LogP contribution is 2.31. The second kappa shape index (κ2) is 12.1. The maximum absolute atomic E-state index is 6.10. The number of thioether (sulfide) groups is 1. The molecule has 1 fully saturated rings. The van der Waals surface area contributed by atoms with E-state index in [4.69, 9.17) is 14.5 Å². The van der Waals surface area contributed by atoms with Crippen LogP contribution in [-0.4, -0.2) is 70.5 Å². The van der Waals surface area contributed by atoms with Crippen molar-refractivity contribution in [3.05, 3.63) is 60.3 Å². The van der Waals surface area contributed by atoms with Crippen molar-refractivity contribution in [2.24, 2.45) is 5.10 Å². The van der Waals surface area contributed by atoms with Crippen LogP contribution in [0.3, 0.4) is 0 Å². The fourth-order valence-electron chi connectivity index (χ4n) is 3.95. The van der Waals surface area contributed by atoms with E-state index in [-0.39, 0.29) is 0 Å². The number of aromatic nitrogens is 3. The monoisotopic (exact) mass is 532 g/mol. The van der Waals surface area contributed by atoms with Gasteiger partial charge in [-0.05, 0) is 49.8 Å². The molecule has 11 heteroatoms. The Hall–Kier alpha value is -3.83. The molecule has 38 heavy (non-hydrogen) atoms. The Kier molecular flexibility index (Phi) is 8.25. The third-order valence-corrected chi connectivity index (χ3v) is 6.95. The summed E-state index contributed by atoms with van der Waals surface area (Å²) in [6.45, 7) is 7.20. The zero-order valence-corrected chi connectivity index (χ0v) is 22.6. The summed E-state index contributed by atoms with van der Waals surface area (Å²) in [6, 6.07) is 7.81. The average molecular weight is 533 g/mol. The van der Waals surface area contributed by atoms with Gasteiger partial charge in [-0.2, -0.15) is 16.9 Å². The van der Waals surface area contributed by atoms with Crippen molar-refractivity contribution in [1.29, 1.82) is 0 Å². The number of nitrogens with one attached hydrogen (secondary N) is 3. The Balaban J connectivity index is 1.28. The van der Waals surface area contributed by atoms with Crippen LogP contribution < -0.4 is 25.4 Å². The minimum Gasteiger partial charge on any atom is -0.493 e. The number of fused-ring (bicyclic) bond motifs is 1. The van der Waals surface area contributed by atoms with E-state index in [2.05, 4.69) is 31.0 Å². The lowest BCUT2D eigenvalue weighted by molar-refractivity contribution is 0.393. The molecule has 4 heterocycles. The SMILES string of the molecule is C/C=N\N1C=CC(Oc2ccc(Nc3ncnc4cc(OC)c(NCCNCC5CS5)nc34)cc2C)=CC1. The zero-order chi connectivity index (χ0) is 26.3. The lowest BCUT2D eigenvalue weighted by Gasteiger charge is -2.18. The molecule has 1 unspecified atom stereocenters. The molecule has 2 aliphatic heterocycles. The number of pyridine rings is 1. The van der Waals surface area contributed by atoms with Gasteiger partial charge >= 0.3 is 0 Å². The number of methoxy groups -OCH3 is 1. The first-order valence-corrected chi connectivity index (χ1v) is 13.6. The van der Waals surface area contributed by atoms with Crippen LogP contribution in [0.1, 0.15) is 12.5 Å². The van der Waals surface area contributed by atoms with Gasteiger partial charge in [0.05, 0.1) is 19.2 Å². The maximum Gasteiger partial charge on any atom is 0.169 e. The van der Waals surface area contributed by atoms with Crippen LogP contribution in [0.2, 0.25) is 0 Å². The summed E-state index contributed by atoms with van der Waals surface area (Å²) < 4.78 is 11.7. The first kappa shape index (κ1) is 25.8. The standard InChI is InChI=1S/C27H32N8O2S/c1-4-32-35-11-7-20(8-12-35)37-23-6-5-19(13-18(23)2)33-27-25-22(30-17-31-27)14-24(36-3)26(34-25)29-10-9-28-15-21-16-38-21/h4-8,11,13-14,17,21,28H,9-10,12,15-16H2,1-3H3,(H,29,34)(H,30,31,33)/b32-4-. The van der Waals surface area contributed by atoms with Gasteiger partial charge in [0, 0.05) is 54.8 Å². The van der Waals surface area contributed by atoms with E-state index in [1.54, 1.807) is 13.3 Å². The molecule has 0 bridgehead atoms. The summed E-state index contributed by atoms with van der Waals surface area (Å²) in [5, 5.41) is 17.1. The molecule has 1 aromatic carbocycles. The van der Waals surface area contributed by atoms with Crippen molar-refractivity contribution >= 4 is 46.3 Å². The van der Waals surface area contributed by atoms with Crippen LogP contribution in [0.25, 0.3) is 11.0 Å². The second-order valence-corrected chi connectivity index (χ2v) is 10.2. The van der Waals surface area contributed by atoms with Gasteiger partial charge in [0.25, 0.3) is 0 Å². The van der Waals surface area contributed by atoms with Gasteiger partial charge in [-0.1, -0.05) is 0 Å². The number of aryl methyl sites for hydroxylation is 1. The third kappa shape index (κ3) is 6.53. The minimum absolute atomic E-state index is 0.618. The van der Waals surface area contributed by atoms with E-state index in [0.717, 1.165) is 47.6 Å². The van der Waals surface area contributed by atoms with E-state index in [1.165, 1.54) is 12.1 Å². The molecule has 5 rings (SSSR count). The van der Waals surface area contributed by atoms with Gasteiger partial charge in [0.2, 0.25) is 0 Å².